The van der Waals surface area contributed by atoms with Crippen LogP contribution in [0.15, 0.2) is 212 Å². The molecule has 0 radical (unpaired) electrons. The lowest BCUT2D eigenvalue weighted by Crippen LogP contribution is -2.09. The number of hydrogen-bond donors (Lipinski definition) is 0. The van der Waals surface area contributed by atoms with Gasteiger partial charge in [0.15, 0.2) is 0 Å². The van der Waals surface area contributed by atoms with Gasteiger partial charge in [-0.2, -0.15) is 0 Å². The van der Waals surface area contributed by atoms with Crippen molar-refractivity contribution in [1.82, 2.24) is 0 Å². The molecule has 0 N–H and O–H groups in total. The van der Waals surface area contributed by atoms with Crippen LogP contribution in [0.25, 0.3) is 84.9 Å². The molecule has 2 heterocycles. The molecule has 0 aliphatic heterocycles. The summed E-state index contributed by atoms with van der Waals surface area (Å²) in [7, 11) is 0. The second-order valence-corrected chi connectivity index (χ2v) is 16.6. The molecule has 0 saturated carbocycles. The van der Waals surface area contributed by atoms with E-state index in [1.54, 1.807) is 0 Å². The predicted octanol–water partition coefficient (Wildman–Crippen LogP) is 16.6. The normalized spacial score (nSPS) is 11.5. The van der Waals surface area contributed by atoms with Gasteiger partial charge in [-0.25, -0.2) is 0 Å². The van der Waals surface area contributed by atoms with Crippen LogP contribution in [0.5, 0.6) is 0 Å². The summed E-state index contributed by atoms with van der Waals surface area (Å²) in [6.07, 6.45) is 0. The number of hydrogen-bond acceptors (Lipinski definition) is 3. The van der Waals surface area contributed by atoms with Crippen molar-refractivity contribution in [2.75, 3.05) is 4.90 Å². The fourth-order valence-electron chi connectivity index (χ4n) is 8.31. The molecule has 11 aromatic rings. The fourth-order valence-corrected chi connectivity index (χ4v) is 10.6. The molecule has 0 aliphatic rings. The molecule has 0 bridgehead atoms. The molecule has 268 valence electrons. The average Bonchev–Trinajstić information content (AvgIpc) is 3.86. The molecule has 9 aromatic carbocycles. The first-order chi connectivity index (χ1) is 28.2. The van der Waals surface area contributed by atoms with Crippen LogP contribution in [0.3, 0.4) is 0 Å². The third-order valence-electron chi connectivity index (χ3n) is 11.1. The van der Waals surface area contributed by atoms with Crippen molar-refractivity contribution >= 4 is 80.1 Å². The van der Waals surface area contributed by atoms with E-state index in [2.05, 4.69) is 217 Å². The van der Waals surface area contributed by atoms with Crippen molar-refractivity contribution < 1.29 is 0 Å². The summed E-state index contributed by atoms with van der Waals surface area (Å²) in [5, 5.41) is 5.28. The first-order valence-corrected chi connectivity index (χ1v) is 21.0. The van der Waals surface area contributed by atoms with Gasteiger partial charge in [0, 0.05) is 63.0 Å². The topological polar surface area (TPSA) is 3.24 Å². The molecule has 11 rings (SSSR count). The van der Waals surface area contributed by atoms with E-state index in [9.17, 15) is 0 Å². The standard InChI is InChI=1S/C54H35NS2/c1-2-11-36(12-3-1)37-21-28-41(29-22-37)55(42-30-23-38(24-31-42)40-27-34-53-50(35-40)47-16-7-8-19-51(47)56-53)43-32-25-39(26-33-43)44-13-4-5-14-45(44)48-17-10-18-49-46-15-6-9-20-52(46)57-54(48)49/h1-35H. The number of rotatable bonds is 7. The van der Waals surface area contributed by atoms with E-state index >= 15 is 0 Å². The Balaban J connectivity index is 0.978. The van der Waals surface area contributed by atoms with Gasteiger partial charge in [0.2, 0.25) is 0 Å². The van der Waals surface area contributed by atoms with Gasteiger partial charge in [0.1, 0.15) is 0 Å². The van der Waals surface area contributed by atoms with Crippen LogP contribution in [0.2, 0.25) is 0 Å². The molecule has 57 heavy (non-hydrogen) atoms. The van der Waals surface area contributed by atoms with Gasteiger partial charge in [-0.15, -0.1) is 22.7 Å². The van der Waals surface area contributed by atoms with Gasteiger partial charge in [0.05, 0.1) is 0 Å². The zero-order valence-electron chi connectivity index (χ0n) is 31.0. The third kappa shape index (κ3) is 6.00. The van der Waals surface area contributed by atoms with Gasteiger partial charge >= 0.3 is 0 Å². The van der Waals surface area contributed by atoms with Crippen LogP contribution in [-0.4, -0.2) is 0 Å². The monoisotopic (exact) mass is 761 g/mol. The van der Waals surface area contributed by atoms with Crippen molar-refractivity contribution in [1.29, 1.82) is 0 Å². The Hall–Kier alpha value is -6.78. The van der Waals surface area contributed by atoms with Gasteiger partial charge in [-0.1, -0.05) is 152 Å². The number of thiophene rings is 2. The SMILES string of the molecule is c1ccc(-c2ccc(N(c3ccc(-c4ccc5sc6ccccc6c5c4)cc3)c3ccc(-c4ccccc4-c4cccc5c4sc4ccccc45)cc3)cc2)cc1. The molecule has 0 atom stereocenters. The second kappa shape index (κ2) is 14.1. The Morgan fingerprint density at radius 2 is 0.719 bits per heavy atom. The van der Waals surface area contributed by atoms with E-state index in [-0.39, 0.29) is 0 Å². The zero-order chi connectivity index (χ0) is 37.7. The lowest BCUT2D eigenvalue weighted by Gasteiger charge is -2.26. The summed E-state index contributed by atoms with van der Waals surface area (Å²) in [5.41, 5.74) is 13.1. The first kappa shape index (κ1) is 33.5. The molecule has 2 aromatic heterocycles. The molecule has 0 aliphatic carbocycles. The molecule has 3 heteroatoms. The van der Waals surface area contributed by atoms with Crippen molar-refractivity contribution in [3.8, 4) is 44.5 Å². The summed E-state index contributed by atoms with van der Waals surface area (Å²) in [6.45, 7) is 0. The number of nitrogens with zero attached hydrogens (tertiary/aromatic N) is 1. The molecule has 0 amide bonds. The molecule has 1 nitrogen and oxygen atoms in total. The van der Waals surface area contributed by atoms with Crippen molar-refractivity contribution in [3.63, 3.8) is 0 Å². The highest BCUT2D eigenvalue weighted by molar-refractivity contribution is 7.26. The average molecular weight is 762 g/mol. The van der Waals surface area contributed by atoms with Crippen LogP contribution < -0.4 is 4.90 Å². The molecular formula is C54H35NS2. The van der Waals surface area contributed by atoms with Crippen LogP contribution in [0.1, 0.15) is 0 Å². The number of benzene rings is 9. The van der Waals surface area contributed by atoms with Gasteiger partial charge in [-0.3, -0.25) is 0 Å². The Morgan fingerprint density at radius 1 is 0.263 bits per heavy atom. The van der Waals surface area contributed by atoms with E-state index in [1.807, 2.05) is 22.7 Å². The minimum atomic E-state index is 1.11. The first-order valence-electron chi connectivity index (χ1n) is 19.3. The molecule has 0 spiro atoms. The quantitative estimate of drug-likeness (QED) is 0.156. The van der Waals surface area contributed by atoms with Gasteiger partial charge in [-0.05, 0) is 99.6 Å². The minimum absolute atomic E-state index is 1.11. The van der Waals surface area contributed by atoms with E-state index in [4.69, 9.17) is 0 Å². The maximum absolute atomic E-state index is 2.36. The molecule has 0 fully saturated rings. The van der Waals surface area contributed by atoms with Crippen LogP contribution in [-0.2, 0) is 0 Å². The predicted molar refractivity (Wildman–Crippen MR) is 249 cm³/mol. The third-order valence-corrected chi connectivity index (χ3v) is 13.5. The molecular weight excluding hydrogens is 727 g/mol. The Kier molecular flexibility index (Phi) is 8.28. The van der Waals surface area contributed by atoms with Crippen LogP contribution in [0, 0.1) is 0 Å². The smallest absolute Gasteiger partial charge is 0.0462 e. The summed E-state index contributed by atoms with van der Waals surface area (Å²) >= 11 is 3.74. The molecule has 0 saturated heterocycles. The highest BCUT2D eigenvalue weighted by Gasteiger charge is 2.17. The lowest BCUT2D eigenvalue weighted by molar-refractivity contribution is 1.28. The van der Waals surface area contributed by atoms with E-state index in [1.165, 1.54) is 84.9 Å². The van der Waals surface area contributed by atoms with Gasteiger partial charge in [0.25, 0.3) is 0 Å². The Labute approximate surface area is 340 Å². The summed E-state index contributed by atoms with van der Waals surface area (Å²) in [4.78, 5) is 2.36. The van der Waals surface area contributed by atoms with E-state index in [0.29, 0.717) is 0 Å². The van der Waals surface area contributed by atoms with Crippen molar-refractivity contribution in [2.45, 2.75) is 0 Å². The Bertz CT molecular complexity index is 3210. The lowest BCUT2D eigenvalue weighted by atomic mass is 9.93. The maximum atomic E-state index is 2.36. The largest absolute Gasteiger partial charge is 0.311 e. The zero-order valence-corrected chi connectivity index (χ0v) is 32.6. The summed E-state index contributed by atoms with van der Waals surface area (Å²) in [5.74, 6) is 0. The van der Waals surface area contributed by atoms with Crippen LogP contribution >= 0.6 is 22.7 Å². The summed E-state index contributed by atoms with van der Waals surface area (Å²) < 4.78 is 5.31. The van der Waals surface area contributed by atoms with E-state index < -0.39 is 0 Å². The summed E-state index contributed by atoms with van der Waals surface area (Å²) in [6, 6.07) is 77.5. The number of fused-ring (bicyclic) bond motifs is 6. The molecule has 0 unspecified atom stereocenters. The fraction of sp³-hybridized carbons (Fsp3) is 0. The highest BCUT2D eigenvalue weighted by atomic mass is 32.1. The van der Waals surface area contributed by atoms with E-state index in [0.717, 1.165) is 17.1 Å². The van der Waals surface area contributed by atoms with Crippen LogP contribution in [0.4, 0.5) is 17.1 Å². The highest BCUT2D eigenvalue weighted by Crippen LogP contribution is 2.44. The maximum Gasteiger partial charge on any atom is 0.0462 e. The second-order valence-electron chi connectivity index (χ2n) is 14.5. The van der Waals surface area contributed by atoms with Crippen molar-refractivity contribution in [3.05, 3.63) is 212 Å². The van der Waals surface area contributed by atoms with Gasteiger partial charge < -0.3 is 4.90 Å². The van der Waals surface area contributed by atoms with Crippen molar-refractivity contribution in [2.24, 2.45) is 0 Å². The minimum Gasteiger partial charge on any atom is -0.311 e. The number of anilines is 3. The Morgan fingerprint density at radius 3 is 1.40 bits per heavy atom.